The second-order valence-electron chi connectivity index (χ2n) is 6.26. The van der Waals surface area contributed by atoms with Gasteiger partial charge in [0, 0.05) is 36.1 Å². The Morgan fingerprint density at radius 1 is 1.15 bits per heavy atom. The molecule has 0 spiro atoms. The molecule has 0 aliphatic heterocycles. The molecule has 8 heteroatoms. The van der Waals surface area contributed by atoms with Crippen LogP contribution in [0.15, 0.2) is 35.5 Å². The van der Waals surface area contributed by atoms with Gasteiger partial charge in [-0.2, -0.15) is 0 Å². The molecule has 3 aromatic rings. The van der Waals surface area contributed by atoms with Crippen LogP contribution in [0.4, 0.5) is 0 Å². The SMILES string of the molecule is Cc1cc(C(=O)CSc2nnc(COc3ccc(Cl)cc3)n2C)c(C)n1C. The minimum absolute atomic E-state index is 0.0863. The number of aryl methyl sites for hydroxylation is 1. The molecule has 1 aromatic carbocycles. The van der Waals surface area contributed by atoms with Gasteiger partial charge in [0.2, 0.25) is 0 Å². The van der Waals surface area contributed by atoms with E-state index in [2.05, 4.69) is 10.2 Å². The van der Waals surface area contributed by atoms with Crippen LogP contribution in [-0.2, 0) is 20.7 Å². The molecule has 0 aliphatic carbocycles. The molecule has 27 heavy (non-hydrogen) atoms. The summed E-state index contributed by atoms with van der Waals surface area (Å²) < 4.78 is 9.57. The fourth-order valence-electron chi connectivity index (χ4n) is 2.62. The van der Waals surface area contributed by atoms with Crippen LogP contribution < -0.4 is 4.74 Å². The van der Waals surface area contributed by atoms with Crippen molar-refractivity contribution in [3.8, 4) is 5.75 Å². The Bertz CT molecular complexity index is 963. The van der Waals surface area contributed by atoms with E-state index < -0.39 is 0 Å². The summed E-state index contributed by atoms with van der Waals surface area (Å²) in [6.07, 6.45) is 0. The average molecular weight is 405 g/mol. The number of Topliss-reactive ketones (excluding diaryl/α,β-unsaturated/α-hetero) is 1. The lowest BCUT2D eigenvalue weighted by Crippen LogP contribution is -2.07. The lowest BCUT2D eigenvalue weighted by molar-refractivity contribution is 0.102. The molecule has 0 fully saturated rings. The lowest BCUT2D eigenvalue weighted by Gasteiger charge is -2.06. The molecular weight excluding hydrogens is 384 g/mol. The number of nitrogens with zero attached hydrogens (tertiary/aromatic N) is 4. The van der Waals surface area contributed by atoms with Gasteiger partial charge in [-0.15, -0.1) is 10.2 Å². The van der Waals surface area contributed by atoms with Crippen LogP contribution in [0.5, 0.6) is 5.75 Å². The molecule has 0 unspecified atom stereocenters. The van der Waals surface area contributed by atoms with Crippen LogP contribution in [-0.4, -0.2) is 30.9 Å². The molecule has 142 valence electrons. The number of benzene rings is 1. The van der Waals surface area contributed by atoms with Crippen LogP contribution in [0, 0.1) is 13.8 Å². The van der Waals surface area contributed by atoms with E-state index in [0.717, 1.165) is 17.0 Å². The molecule has 0 aliphatic rings. The second kappa shape index (κ2) is 8.19. The number of halogens is 1. The zero-order chi connectivity index (χ0) is 19.6. The summed E-state index contributed by atoms with van der Waals surface area (Å²) in [5.74, 6) is 1.80. The fraction of sp³-hybridized carbons (Fsp3) is 0.316. The van der Waals surface area contributed by atoms with Crippen LogP contribution >= 0.6 is 23.4 Å². The monoisotopic (exact) mass is 404 g/mol. The molecule has 0 radical (unpaired) electrons. The predicted octanol–water partition coefficient (Wildman–Crippen LogP) is 3.98. The number of ether oxygens (including phenoxy) is 1. The van der Waals surface area contributed by atoms with Crippen LogP contribution in [0.25, 0.3) is 0 Å². The number of carbonyl (C=O) groups is 1. The molecule has 0 saturated carbocycles. The first-order chi connectivity index (χ1) is 12.9. The summed E-state index contributed by atoms with van der Waals surface area (Å²) in [7, 11) is 3.83. The highest BCUT2D eigenvalue weighted by Gasteiger charge is 2.16. The maximum absolute atomic E-state index is 12.5. The highest BCUT2D eigenvalue weighted by atomic mass is 35.5. The second-order valence-corrected chi connectivity index (χ2v) is 7.64. The van der Waals surface area contributed by atoms with Gasteiger partial charge in [0.1, 0.15) is 12.4 Å². The molecule has 2 aromatic heterocycles. The minimum atomic E-state index is 0.0863. The number of hydrogen-bond donors (Lipinski definition) is 0. The van der Waals surface area contributed by atoms with Crippen molar-refractivity contribution in [1.82, 2.24) is 19.3 Å². The van der Waals surface area contributed by atoms with Crippen molar-refractivity contribution >= 4 is 29.1 Å². The molecule has 0 bridgehead atoms. The molecule has 6 nitrogen and oxygen atoms in total. The number of hydrogen-bond acceptors (Lipinski definition) is 5. The fourth-order valence-corrected chi connectivity index (χ4v) is 3.56. The van der Waals surface area contributed by atoms with E-state index in [1.807, 2.05) is 43.1 Å². The Balaban J connectivity index is 1.60. The first-order valence-electron chi connectivity index (χ1n) is 8.42. The summed E-state index contributed by atoms with van der Waals surface area (Å²) in [5.41, 5.74) is 2.81. The Morgan fingerprint density at radius 2 is 1.85 bits per heavy atom. The maximum atomic E-state index is 12.5. The Kier molecular flexibility index (Phi) is 5.92. The van der Waals surface area contributed by atoms with Crippen molar-refractivity contribution in [2.45, 2.75) is 25.6 Å². The topological polar surface area (TPSA) is 61.9 Å². The molecule has 0 atom stereocenters. The largest absolute Gasteiger partial charge is 0.486 e. The summed E-state index contributed by atoms with van der Waals surface area (Å²) in [6, 6.07) is 9.08. The van der Waals surface area contributed by atoms with Crippen molar-refractivity contribution in [2.24, 2.45) is 14.1 Å². The minimum Gasteiger partial charge on any atom is -0.486 e. The van der Waals surface area contributed by atoms with Crippen molar-refractivity contribution in [3.63, 3.8) is 0 Å². The number of carbonyl (C=O) groups excluding carboxylic acids is 1. The van der Waals surface area contributed by atoms with Crippen molar-refractivity contribution < 1.29 is 9.53 Å². The number of thioether (sulfide) groups is 1. The normalized spacial score (nSPS) is 11.0. The molecular formula is C19H21ClN4O2S. The van der Waals surface area contributed by atoms with Gasteiger partial charge >= 0.3 is 0 Å². The van der Waals surface area contributed by atoms with E-state index in [1.54, 1.807) is 24.3 Å². The van der Waals surface area contributed by atoms with Crippen molar-refractivity contribution in [3.05, 3.63) is 58.1 Å². The quantitative estimate of drug-likeness (QED) is 0.440. The van der Waals surface area contributed by atoms with Gasteiger partial charge in [-0.3, -0.25) is 4.79 Å². The highest BCUT2D eigenvalue weighted by Crippen LogP contribution is 2.21. The third kappa shape index (κ3) is 4.36. The van der Waals surface area contributed by atoms with Gasteiger partial charge < -0.3 is 13.9 Å². The van der Waals surface area contributed by atoms with Crippen LogP contribution in [0.1, 0.15) is 27.6 Å². The van der Waals surface area contributed by atoms with E-state index >= 15 is 0 Å². The molecule has 3 rings (SSSR count). The summed E-state index contributed by atoms with van der Waals surface area (Å²) >= 11 is 7.24. The first kappa shape index (κ1) is 19.5. The van der Waals surface area contributed by atoms with E-state index in [1.165, 1.54) is 11.8 Å². The summed E-state index contributed by atoms with van der Waals surface area (Å²) in [4.78, 5) is 12.5. The van der Waals surface area contributed by atoms with Gasteiger partial charge in [0.15, 0.2) is 16.8 Å². The van der Waals surface area contributed by atoms with E-state index in [4.69, 9.17) is 16.3 Å². The first-order valence-corrected chi connectivity index (χ1v) is 9.78. The standard InChI is InChI=1S/C19H21ClN4O2S/c1-12-9-16(13(2)23(12)3)17(25)11-27-19-22-21-18(24(19)4)10-26-15-7-5-14(20)6-8-15/h5-9H,10-11H2,1-4H3. The van der Waals surface area contributed by atoms with E-state index in [-0.39, 0.29) is 12.4 Å². The van der Waals surface area contributed by atoms with Gasteiger partial charge in [-0.25, -0.2) is 0 Å². The Morgan fingerprint density at radius 3 is 2.48 bits per heavy atom. The molecule has 0 N–H and O–H groups in total. The third-order valence-electron chi connectivity index (χ3n) is 4.51. The third-order valence-corrected chi connectivity index (χ3v) is 5.79. The van der Waals surface area contributed by atoms with Gasteiger partial charge in [-0.05, 0) is 44.2 Å². The average Bonchev–Trinajstić information content (AvgIpc) is 3.13. The van der Waals surface area contributed by atoms with Crippen LogP contribution in [0.3, 0.4) is 0 Å². The molecule has 2 heterocycles. The number of rotatable bonds is 7. The molecule has 0 saturated heterocycles. The van der Waals surface area contributed by atoms with Gasteiger partial charge in [-0.1, -0.05) is 23.4 Å². The van der Waals surface area contributed by atoms with Crippen molar-refractivity contribution in [1.29, 1.82) is 0 Å². The van der Waals surface area contributed by atoms with Gasteiger partial charge in [0.05, 0.1) is 5.75 Å². The van der Waals surface area contributed by atoms with E-state index in [0.29, 0.717) is 27.5 Å². The zero-order valence-electron chi connectivity index (χ0n) is 15.7. The number of ketones is 1. The smallest absolute Gasteiger partial charge is 0.191 e. The Labute approximate surface area is 167 Å². The predicted molar refractivity (Wildman–Crippen MR) is 107 cm³/mol. The molecule has 0 amide bonds. The van der Waals surface area contributed by atoms with Gasteiger partial charge in [0.25, 0.3) is 0 Å². The number of aromatic nitrogens is 4. The lowest BCUT2D eigenvalue weighted by atomic mass is 10.2. The van der Waals surface area contributed by atoms with E-state index in [9.17, 15) is 4.79 Å². The summed E-state index contributed by atoms with van der Waals surface area (Å²) in [5, 5.41) is 9.67. The van der Waals surface area contributed by atoms with Crippen LogP contribution in [0.2, 0.25) is 5.02 Å². The van der Waals surface area contributed by atoms with Crippen molar-refractivity contribution in [2.75, 3.05) is 5.75 Å². The zero-order valence-corrected chi connectivity index (χ0v) is 17.3. The maximum Gasteiger partial charge on any atom is 0.191 e. The highest BCUT2D eigenvalue weighted by molar-refractivity contribution is 7.99. The summed E-state index contributed by atoms with van der Waals surface area (Å²) in [6.45, 7) is 4.24. The Hall–Kier alpha value is -2.25.